The van der Waals surface area contributed by atoms with Crippen molar-refractivity contribution >= 4 is 21.6 Å². The van der Waals surface area contributed by atoms with Gasteiger partial charge in [0.05, 0.1) is 5.69 Å². The smallest absolute Gasteiger partial charge is 0.220 e. The normalized spacial score (nSPS) is 9.65. The van der Waals surface area contributed by atoms with Crippen LogP contribution in [0.5, 0.6) is 11.6 Å². The fraction of sp³-hybridized carbons (Fsp3) is 0. The van der Waals surface area contributed by atoms with Gasteiger partial charge in [-0.1, -0.05) is 22.0 Å². The van der Waals surface area contributed by atoms with Crippen LogP contribution < -0.4 is 10.5 Å². The fourth-order valence-electron chi connectivity index (χ4n) is 1.26. The highest BCUT2D eigenvalue weighted by Crippen LogP contribution is 2.28. The molecule has 2 N–H and O–H groups in total. The lowest BCUT2D eigenvalue weighted by Crippen LogP contribution is -1.94. The molecule has 84 valence electrons. The fourth-order valence-corrected chi connectivity index (χ4v) is 1.64. The summed E-state index contributed by atoms with van der Waals surface area (Å²) in [5.41, 5.74) is 6.60. The van der Waals surface area contributed by atoms with E-state index in [1.807, 2.05) is 12.1 Å². The van der Waals surface area contributed by atoms with Crippen LogP contribution in [0.15, 0.2) is 40.9 Å². The molecule has 0 amide bonds. The van der Waals surface area contributed by atoms with Crippen molar-refractivity contribution in [3.8, 4) is 17.7 Å². The van der Waals surface area contributed by atoms with Gasteiger partial charge in [-0.3, -0.25) is 0 Å². The molecule has 2 aromatic rings. The van der Waals surface area contributed by atoms with Crippen LogP contribution >= 0.6 is 15.9 Å². The zero-order valence-electron chi connectivity index (χ0n) is 8.72. The van der Waals surface area contributed by atoms with Gasteiger partial charge in [0.2, 0.25) is 5.88 Å². The van der Waals surface area contributed by atoms with E-state index in [9.17, 15) is 0 Å². The summed E-state index contributed by atoms with van der Waals surface area (Å²) in [6, 6.07) is 12.2. The third-order valence-corrected chi connectivity index (χ3v) is 2.52. The highest BCUT2D eigenvalue weighted by Gasteiger charge is 2.04. The number of rotatable bonds is 2. The van der Waals surface area contributed by atoms with E-state index in [1.165, 1.54) is 0 Å². The monoisotopic (exact) mass is 289 g/mol. The number of nitrogens with zero attached hydrogens (tertiary/aromatic N) is 2. The van der Waals surface area contributed by atoms with E-state index in [1.54, 1.807) is 30.3 Å². The van der Waals surface area contributed by atoms with Crippen molar-refractivity contribution in [1.29, 1.82) is 5.26 Å². The highest BCUT2D eigenvalue weighted by atomic mass is 79.9. The van der Waals surface area contributed by atoms with Crippen LogP contribution in [0, 0.1) is 11.3 Å². The SMILES string of the molecule is N#Cc1cccc(Oc2ccc(Br)cc2N)n1. The maximum atomic E-state index is 8.72. The number of pyridine rings is 1. The largest absolute Gasteiger partial charge is 0.437 e. The molecule has 4 nitrogen and oxygen atoms in total. The molecule has 0 aliphatic rings. The molecule has 1 aromatic heterocycles. The summed E-state index contributed by atoms with van der Waals surface area (Å²) in [4.78, 5) is 4.00. The van der Waals surface area contributed by atoms with Gasteiger partial charge >= 0.3 is 0 Å². The molecule has 0 fully saturated rings. The molecule has 0 saturated heterocycles. The predicted octanol–water partition coefficient (Wildman–Crippen LogP) is 3.09. The van der Waals surface area contributed by atoms with Crippen molar-refractivity contribution in [2.24, 2.45) is 0 Å². The van der Waals surface area contributed by atoms with Gasteiger partial charge in [-0.25, -0.2) is 4.98 Å². The van der Waals surface area contributed by atoms with Crippen molar-refractivity contribution in [2.45, 2.75) is 0 Å². The third kappa shape index (κ3) is 2.74. The number of ether oxygens (including phenoxy) is 1. The molecule has 5 heteroatoms. The molecule has 0 atom stereocenters. The van der Waals surface area contributed by atoms with Crippen molar-refractivity contribution in [3.05, 3.63) is 46.6 Å². The van der Waals surface area contributed by atoms with Crippen molar-refractivity contribution in [1.82, 2.24) is 4.98 Å². The number of hydrogen-bond donors (Lipinski definition) is 1. The summed E-state index contributed by atoms with van der Waals surface area (Å²) in [6.45, 7) is 0. The van der Waals surface area contributed by atoms with E-state index >= 15 is 0 Å². The third-order valence-electron chi connectivity index (χ3n) is 2.02. The Kier molecular flexibility index (Phi) is 3.26. The van der Waals surface area contributed by atoms with E-state index in [2.05, 4.69) is 20.9 Å². The average molecular weight is 290 g/mol. The van der Waals surface area contributed by atoms with E-state index in [-0.39, 0.29) is 0 Å². The number of nitrogens with two attached hydrogens (primary N) is 1. The molecule has 0 radical (unpaired) electrons. The number of benzene rings is 1. The van der Waals surface area contributed by atoms with E-state index in [0.29, 0.717) is 23.0 Å². The van der Waals surface area contributed by atoms with Crippen LogP contribution in [0.2, 0.25) is 0 Å². The zero-order chi connectivity index (χ0) is 12.3. The van der Waals surface area contributed by atoms with E-state index in [4.69, 9.17) is 15.7 Å². The lowest BCUT2D eigenvalue weighted by Gasteiger charge is -2.07. The molecule has 2 rings (SSSR count). The van der Waals surface area contributed by atoms with Gasteiger partial charge in [-0.15, -0.1) is 0 Å². The summed E-state index contributed by atoms with van der Waals surface area (Å²) in [7, 11) is 0. The van der Waals surface area contributed by atoms with Crippen LogP contribution in [0.1, 0.15) is 5.69 Å². The number of anilines is 1. The number of nitriles is 1. The Bertz CT molecular complexity index is 593. The van der Waals surface area contributed by atoms with E-state index in [0.717, 1.165) is 4.47 Å². The number of hydrogen-bond acceptors (Lipinski definition) is 4. The average Bonchev–Trinajstić information content (AvgIpc) is 2.33. The summed E-state index contributed by atoms with van der Waals surface area (Å²) in [5, 5.41) is 8.72. The molecule has 17 heavy (non-hydrogen) atoms. The van der Waals surface area contributed by atoms with Crippen LogP contribution in [0.3, 0.4) is 0 Å². The quantitative estimate of drug-likeness (QED) is 0.863. The minimum atomic E-state index is 0.304. The minimum absolute atomic E-state index is 0.304. The summed E-state index contributed by atoms with van der Waals surface area (Å²) < 4.78 is 6.37. The Labute approximate surface area is 107 Å². The highest BCUT2D eigenvalue weighted by molar-refractivity contribution is 9.10. The van der Waals surface area contributed by atoms with Crippen molar-refractivity contribution in [2.75, 3.05) is 5.73 Å². The maximum Gasteiger partial charge on any atom is 0.220 e. The molecule has 0 saturated carbocycles. The standard InChI is InChI=1S/C12H8BrN3O/c13-8-4-5-11(10(15)6-8)17-12-3-1-2-9(7-14)16-12/h1-6H,15H2. The van der Waals surface area contributed by atoms with Crippen LogP contribution in [0.25, 0.3) is 0 Å². The van der Waals surface area contributed by atoms with Crippen LogP contribution in [0.4, 0.5) is 5.69 Å². The van der Waals surface area contributed by atoms with Crippen LogP contribution in [-0.4, -0.2) is 4.98 Å². The molecular weight excluding hydrogens is 282 g/mol. The van der Waals surface area contributed by atoms with Gasteiger partial charge < -0.3 is 10.5 Å². The van der Waals surface area contributed by atoms with Crippen LogP contribution in [-0.2, 0) is 0 Å². The Morgan fingerprint density at radius 1 is 1.29 bits per heavy atom. The number of aromatic nitrogens is 1. The van der Waals surface area contributed by atoms with E-state index < -0.39 is 0 Å². The maximum absolute atomic E-state index is 8.72. The second-order valence-electron chi connectivity index (χ2n) is 3.26. The topological polar surface area (TPSA) is 71.9 Å². The van der Waals surface area contributed by atoms with Gasteiger partial charge in [0.1, 0.15) is 11.8 Å². The Morgan fingerprint density at radius 2 is 2.12 bits per heavy atom. The van der Waals surface area contributed by atoms with Crippen molar-refractivity contribution < 1.29 is 4.74 Å². The molecule has 0 aliphatic carbocycles. The molecule has 1 aromatic carbocycles. The first-order valence-corrected chi connectivity index (χ1v) is 5.58. The summed E-state index contributed by atoms with van der Waals surface area (Å²) >= 11 is 3.31. The first-order valence-electron chi connectivity index (χ1n) is 4.79. The Morgan fingerprint density at radius 3 is 2.82 bits per heavy atom. The number of halogens is 1. The molecule has 0 bridgehead atoms. The second kappa shape index (κ2) is 4.85. The van der Waals surface area contributed by atoms with Gasteiger partial charge in [0, 0.05) is 10.5 Å². The Hall–Kier alpha value is -2.06. The Balaban J connectivity index is 2.28. The molecule has 0 spiro atoms. The van der Waals surface area contributed by atoms with Gasteiger partial charge in [-0.2, -0.15) is 5.26 Å². The lowest BCUT2D eigenvalue weighted by atomic mass is 10.3. The molecule has 0 aliphatic heterocycles. The second-order valence-corrected chi connectivity index (χ2v) is 4.17. The zero-order valence-corrected chi connectivity index (χ0v) is 10.3. The molecule has 0 unspecified atom stereocenters. The molecular formula is C12H8BrN3O. The first kappa shape index (κ1) is 11.4. The van der Waals surface area contributed by atoms with Gasteiger partial charge in [0.25, 0.3) is 0 Å². The first-order chi connectivity index (χ1) is 8.19. The van der Waals surface area contributed by atoms with Gasteiger partial charge in [-0.05, 0) is 24.3 Å². The lowest BCUT2D eigenvalue weighted by molar-refractivity contribution is 0.464. The summed E-state index contributed by atoms with van der Waals surface area (Å²) in [5.74, 6) is 0.855. The number of nitrogen functional groups attached to an aromatic ring is 1. The minimum Gasteiger partial charge on any atom is -0.437 e. The summed E-state index contributed by atoms with van der Waals surface area (Å²) in [6.07, 6.45) is 0. The van der Waals surface area contributed by atoms with Crippen molar-refractivity contribution in [3.63, 3.8) is 0 Å². The van der Waals surface area contributed by atoms with Gasteiger partial charge in [0.15, 0.2) is 5.75 Å². The molecule has 1 heterocycles. The predicted molar refractivity (Wildman–Crippen MR) is 67.6 cm³/mol.